The van der Waals surface area contributed by atoms with Gasteiger partial charge in [0.05, 0.1) is 26.3 Å². The van der Waals surface area contributed by atoms with Crippen molar-refractivity contribution in [2.45, 2.75) is 32.1 Å². The maximum atomic E-state index is 12.5. The Labute approximate surface area is 178 Å². The van der Waals surface area contributed by atoms with Gasteiger partial charge in [-0.25, -0.2) is 0 Å². The highest BCUT2D eigenvalue weighted by atomic mass is 16.5. The fraction of sp³-hybridized carbons (Fsp3) is 0.591. The Kier molecular flexibility index (Phi) is 8.07. The Balaban J connectivity index is 1.46. The third-order valence-corrected chi connectivity index (χ3v) is 5.58. The zero-order chi connectivity index (χ0) is 21.3. The maximum absolute atomic E-state index is 12.5. The van der Waals surface area contributed by atoms with Crippen LogP contribution >= 0.6 is 0 Å². The van der Waals surface area contributed by atoms with Crippen molar-refractivity contribution in [2.24, 2.45) is 0 Å². The quantitative estimate of drug-likeness (QED) is 0.764. The lowest BCUT2D eigenvalue weighted by molar-refractivity contribution is -0.141. The average molecular weight is 417 g/mol. The molecule has 2 heterocycles. The first-order valence-electron chi connectivity index (χ1n) is 10.8. The molecule has 2 aliphatic rings. The van der Waals surface area contributed by atoms with Crippen LogP contribution < -0.4 is 10.2 Å². The van der Waals surface area contributed by atoms with Gasteiger partial charge in [0, 0.05) is 44.5 Å². The van der Waals surface area contributed by atoms with E-state index in [-0.39, 0.29) is 30.8 Å². The predicted molar refractivity (Wildman–Crippen MR) is 115 cm³/mol. The number of benzene rings is 1. The van der Waals surface area contributed by atoms with Crippen LogP contribution in [-0.4, -0.2) is 80.5 Å². The lowest BCUT2D eigenvalue weighted by Gasteiger charge is -2.29. The van der Waals surface area contributed by atoms with Crippen molar-refractivity contribution < 1.29 is 19.1 Å². The van der Waals surface area contributed by atoms with Gasteiger partial charge in [0.2, 0.25) is 17.7 Å². The first-order chi connectivity index (χ1) is 14.5. The summed E-state index contributed by atoms with van der Waals surface area (Å²) in [6, 6.07) is 7.68. The molecule has 0 radical (unpaired) electrons. The van der Waals surface area contributed by atoms with Gasteiger partial charge in [0.15, 0.2) is 0 Å². The number of carbonyl (C=O) groups excluding carboxylic acids is 3. The van der Waals surface area contributed by atoms with Crippen LogP contribution in [0.4, 0.5) is 11.4 Å². The number of amides is 3. The van der Waals surface area contributed by atoms with Crippen LogP contribution in [-0.2, 0) is 19.1 Å². The zero-order valence-corrected chi connectivity index (χ0v) is 17.8. The van der Waals surface area contributed by atoms with E-state index in [2.05, 4.69) is 10.2 Å². The molecule has 2 saturated heterocycles. The van der Waals surface area contributed by atoms with E-state index < -0.39 is 0 Å². The number of hydrogen-bond acceptors (Lipinski definition) is 5. The predicted octanol–water partition coefficient (Wildman–Crippen LogP) is 1.71. The minimum absolute atomic E-state index is 0.0289. The molecule has 0 unspecified atom stereocenters. The number of likely N-dealkylation sites (N-methyl/N-ethyl adjacent to an activating group) is 1. The topological polar surface area (TPSA) is 82.2 Å². The highest BCUT2D eigenvalue weighted by Gasteiger charge is 2.21. The first kappa shape index (κ1) is 22.1. The lowest BCUT2D eigenvalue weighted by atomic mass is 10.1. The van der Waals surface area contributed by atoms with Crippen molar-refractivity contribution in [1.29, 1.82) is 0 Å². The van der Waals surface area contributed by atoms with Gasteiger partial charge >= 0.3 is 0 Å². The second-order valence-electron chi connectivity index (χ2n) is 7.92. The van der Waals surface area contributed by atoms with E-state index in [0.717, 1.165) is 57.7 Å². The highest BCUT2D eigenvalue weighted by molar-refractivity contribution is 5.95. The van der Waals surface area contributed by atoms with E-state index in [0.29, 0.717) is 18.7 Å². The van der Waals surface area contributed by atoms with Crippen LogP contribution in [0, 0.1) is 0 Å². The number of likely N-dealkylation sites (tertiary alicyclic amines) is 1. The molecule has 0 spiro atoms. The van der Waals surface area contributed by atoms with E-state index >= 15 is 0 Å². The molecule has 0 aliphatic carbocycles. The summed E-state index contributed by atoms with van der Waals surface area (Å²) in [5, 5.41) is 2.83. The molecular weight excluding hydrogens is 384 g/mol. The van der Waals surface area contributed by atoms with Gasteiger partial charge in [0.1, 0.15) is 0 Å². The van der Waals surface area contributed by atoms with Gasteiger partial charge in [-0.1, -0.05) is 12.8 Å². The van der Waals surface area contributed by atoms with Crippen molar-refractivity contribution in [3.05, 3.63) is 24.3 Å². The molecule has 1 aromatic rings. The molecule has 0 bridgehead atoms. The third kappa shape index (κ3) is 6.45. The number of rotatable bonds is 6. The molecule has 8 heteroatoms. The molecule has 0 atom stereocenters. The summed E-state index contributed by atoms with van der Waals surface area (Å²) < 4.78 is 5.37. The Morgan fingerprint density at radius 2 is 1.73 bits per heavy atom. The fourth-order valence-corrected chi connectivity index (χ4v) is 3.75. The van der Waals surface area contributed by atoms with Crippen LogP contribution in [0.15, 0.2) is 24.3 Å². The molecule has 164 valence electrons. The number of nitrogens with zero attached hydrogens (tertiary/aromatic N) is 3. The van der Waals surface area contributed by atoms with E-state index in [9.17, 15) is 14.4 Å². The van der Waals surface area contributed by atoms with E-state index in [1.54, 1.807) is 11.9 Å². The van der Waals surface area contributed by atoms with Crippen molar-refractivity contribution >= 4 is 29.1 Å². The number of nitrogens with one attached hydrogen (secondary N) is 1. The summed E-state index contributed by atoms with van der Waals surface area (Å²) in [6.07, 6.45) is 4.45. The molecule has 1 aromatic carbocycles. The van der Waals surface area contributed by atoms with Gasteiger partial charge in [-0.3, -0.25) is 14.4 Å². The molecule has 3 amide bonds. The van der Waals surface area contributed by atoms with Gasteiger partial charge in [-0.2, -0.15) is 0 Å². The van der Waals surface area contributed by atoms with Crippen LogP contribution in [0.3, 0.4) is 0 Å². The van der Waals surface area contributed by atoms with E-state index in [4.69, 9.17) is 4.74 Å². The molecule has 8 nitrogen and oxygen atoms in total. The number of carbonyl (C=O) groups is 3. The summed E-state index contributed by atoms with van der Waals surface area (Å²) >= 11 is 0. The Morgan fingerprint density at radius 3 is 2.47 bits per heavy atom. The summed E-state index contributed by atoms with van der Waals surface area (Å²) in [4.78, 5) is 42.3. The number of ether oxygens (including phenoxy) is 1. The van der Waals surface area contributed by atoms with E-state index in [1.807, 2.05) is 24.3 Å². The van der Waals surface area contributed by atoms with Crippen molar-refractivity contribution in [3.8, 4) is 0 Å². The normalized spacial score (nSPS) is 17.8. The average Bonchev–Trinajstić information content (AvgIpc) is 2.74. The second kappa shape index (κ2) is 11.0. The van der Waals surface area contributed by atoms with Crippen molar-refractivity contribution in [3.63, 3.8) is 0 Å². The van der Waals surface area contributed by atoms with Gasteiger partial charge in [-0.05, 0) is 37.1 Å². The van der Waals surface area contributed by atoms with Crippen LogP contribution in [0.2, 0.25) is 0 Å². The summed E-state index contributed by atoms with van der Waals surface area (Å²) in [7, 11) is 1.60. The summed E-state index contributed by atoms with van der Waals surface area (Å²) in [5.41, 5.74) is 1.79. The molecule has 30 heavy (non-hydrogen) atoms. The molecule has 0 saturated carbocycles. The fourth-order valence-electron chi connectivity index (χ4n) is 3.75. The Hall–Kier alpha value is -2.61. The number of hydrogen-bond donors (Lipinski definition) is 1. The molecular formula is C22H32N4O4. The smallest absolute Gasteiger partial charge is 0.243 e. The molecule has 2 fully saturated rings. The highest BCUT2D eigenvalue weighted by Crippen LogP contribution is 2.19. The van der Waals surface area contributed by atoms with Crippen molar-refractivity contribution in [1.82, 2.24) is 9.80 Å². The minimum Gasteiger partial charge on any atom is -0.378 e. The molecule has 0 aromatic heterocycles. The Bertz CT molecular complexity index is 731. The third-order valence-electron chi connectivity index (χ3n) is 5.58. The Morgan fingerprint density at radius 1 is 1.03 bits per heavy atom. The number of anilines is 2. The first-order valence-corrected chi connectivity index (χ1v) is 10.8. The van der Waals surface area contributed by atoms with Crippen molar-refractivity contribution in [2.75, 3.05) is 63.2 Å². The zero-order valence-electron chi connectivity index (χ0n) is 17.8. The molecule has 1 N–H and O–H groups in total. The summed E-state index contributed by atoms with van der Waals surface area (Å²) in [6.45, 7) is 3.77. The largest absolute Gasteiger partial charge is 0.378 e. The van der Waals surface area contributed by atoms with Crippen LogP contribution in [0.5, 0.6) is 0 Å². The van der Waals surface area contributed by atoms with Gasteiger partial charge < -0.3 is 24.8 Å². The van der Waals surface area contributed by atoms with Crippen LogP contribution in [0.1, 0.15) is 32.1 Å². The maximum Gasteiger partial charge on any atom is 0.243 e. The molecule has 3 rings (SSSR count). The SMILES string of the molecule is CN(CC(=O)Nc1ccc(N2CCOCC2)cc1)C(=O)CN1CCCCCCC1=O. The molecule has 2 aliphatic heterocycles. The summed E-state index contributed by atoms with van der Waals surface area (Å²) in [5.74, 6) is -0.452. The van der Waals surface area contributed by atoms with Gasteiger partial charge in [-0.15, -0.1) is 0 Å². The lowest BCUT2D eigenvalue weighted by Crippen LogP contribution is -2.44. The van der Waals surface area contributed by atoms with Gasteiger partial charge in [0.25, 0.3) is 0 Å². The second-order valence-corrected chi connectivity index (χ2v) is 7.92. The monoisotopic (exact) mass is 416 g/mol. The number of morpholine rings is 1. The standard InChI is InChI=1S/C22H32N4O4/c1-24(22(29)17-26-11-5-3-2-4-6-21(26)28)16-20(27)23-18-7-9-19(10-8-18)25-12-14-30-15-13-25/h7-10H,2-6,11-17H2,1H3,(H,23,27). The van der Waals surface area contributed by atoms with E-state index in [1.165, 1.54) is 4.90 Å². The minimum atomic E-state index is -0.260. The van der Waals surface area contributed by atoms with Crippen LogP contribution in [0.25, 0.3) is 0 Å².